The molecule has 1 aliphatic rings. The van der Waals surface area contributed by atoms with Gasteiger partial charge in [-0.2, -0.15) is 0 Å². The number of nitrogens with one attached hydrogen (secondary N) is 1. The highest BCUT2D eigenvalue weighted by atomic mass is 16.4. The van der Waals surface area contributed by atoms with E-state index in [0.29, 0.717) is 19.4 Å². The predicted octanol–water partition coefficient (Wildman–Crippen LogP) is -0.419. The van der Waals surface area contributed by atoms with E-state index in [0.717, 1.165) is 0 Å². The number of carbonyl (C=O) groups is 3. The van der Waals surface area contributed by atoms with Crippen molar-refractivity contribution in [2.75, 3.05) is 33.7 Å². The van der Waals surface area contributed by atoms with Crippen molar-refractivity contribution in [2.24, 2.45) is 5.92 Å². The molecular weight excluding hydrogens is 238 g/mol. The number of nitrogens with zero attached hydrogens (tertiary/aromatic N) is 2. The van der Waals surface area contributed by atoms with E-state index in [9.17, 15) is 14.4 Å². The van der Waals surface area contributed by atoms with Crippen LogP contribution in [0.25, 0.3) is 0 Å². The van der Waals surface area contributed by atoms with E-state index < -0.39 is 11.9 Å². The van der Waals surface area contributed by atoms with Gasteiger partial charge in [0.2, 0.25) is 5.91 Å². The average molecular weight is 257 g/mol. The van der Waals surface area contributed by atoms with Crippen molar-refractivity contribution >= 4 is 17.9 Å². The standard InChI is InChI=1S/C11H19N3O4/c1-13(2)9(15)6-12-11(18)14-5-3-4-8(7-14)10(16)17/h8H,3-7H2,1-2H3,(H,12,18)(H,16,17)/t8-/m0/s1. The summed E-state index contributed by atoms with van der Waals surface area (Å²) in [7, 11) is 3.21. The van der Waals surface area contributed by atoms with Crippen molar-refractivity contribution < 1.29 is 19.5 Å². The molecule has 2 N–H and O–H groups in total. The number of carboxylic acids is 1. The molecule has 1 fully saturated rings. The van der Waals surface area contributed by atoms with Crippen LogP contribution < -0.4 is 5.32 Å². The molecule has 1 heterocycles. The molecule has 0 aromatic carbocycles. The Kier molecular flexibility index (Phi) is 4.94. The van der Waals surface area contributed by atoms with Gasteiger partial charge in [0, 0.05) is 27.2 Å². The highest BCUT2D eigenvalue weighted by Gasteiger charge is 2.28. The summed E-state index contributed by atoms with van der Waals surface area (Å²) in [5, 5.41) is 11.4. The Balaban J connectivity index is 2.42. The molecule has 18 heavy (non-hydrogen) atoms. The molecule has 0 spiro atoms. The second-order valence-electron chi connectivity index (χ2n) is 4.57. The first-order chi connectivity index (χ1) is 8.41. The van der Waals surface area contributed by atoms with Crippen molar-refractivity contribution in [1.29, 1.82) is 0 Å². The molecule has 0 bridgehead atoms. The summed E-state index contributed by atoms with van der Waals surface area (Å²) in [4.78, 5) is 36.7. The zero-order valence-corrected chi connectivity index (χ0v) is 10.7. The van der Waals surface area contributed by atoms with Gasteiger partial charge in [-0.1, -0.05) is 0 Å². The Morgan fingerprint density at radius 2 is 2.06 bits per heavy atom. The lowest BCUT2D eigenvalue weighted by Crippen LogP contribution is -2.49. The molecule has 1 rings (SSSR count). The van der Waals surface area contributed by atoms with Gasteiger partial charge in [0.1, 0.15) is 0 Å². The molecule has 0 radical (unpaired) electrons. The van der Waals surface area contributed by atoms with Gasteiger partial charge in [-0.25, -0.2) is 4.79 Å². The molecule has 7 heteroatoms. The lowest BCUT2D eigenvalue weighted by molar-refractivity contribution is -0.143. The van der Waals surface area contributed by atoms with E-state index in [4.69, 9.17) is 5.11 Å². The lowest BCUT2D eigenvalue weighted by atomic mass is 9.99. The summed E-state index contributed by atoms with van der Waals surface area (Å²) in [5.74, 6) is -1.58. The molecule has 1 atom stereocenters. The summed E-state index contributed by atoms with van der Waals surface area (Å²) in [6.07, 6.45) is 1.27. The van der Waals surface area contributed by atoms with Crippen molar-refractivity contribution in [2.45, 2.75) is 12.8 Å². The minimum Gasteiger partial charge on any atom is -0.481 e. The Morgan fingerprint density at radius 1 is 1.39 bits per heavy atom. The van der Waals surface area contributed by atoms with Crippen molar-refractivity contribution in [1.82, 2.24) is 15.1 Å². The summed E-state index contributed by atoms with van der Waals surface area (Å²) < 4.78 is 0. The summed E-state index contributed by atoms with van der Waals surface area (Å²) in [6.45, 7) is 0.670. The fourth-order valence-electron chi connectivity index (χ4n) is 1.78. The van der Waals surface area contributed by atoms with Gasteiger partial charge < -0.3 is 20.2 Å². The fourth-order valence-corrected chi connectivity index (χ4v) is 1.78. The van der Waals surface area contributed by atoms with E-state index in [2.05, 4.69) is 5.32 Å². The highest BCUT2D eigenvalue weighted by molar-refractivity contribution is 5.84. The van der Waals surface area contributed by atoms with E-state index in [1.54, 1.807) is 14.1 Å². The van der Waals surface area contributed by atoms with Gasteiger partial charge in [0.25, 0.3) is 0 Å². The van der Waals surface area contributed by atoms with Crippen LogP contribution >= 0.6 is 0 Å². The molecule has 0 aromatic heterocycles. The largest absolute Gasteiger partial charge is 0.481 e. The number of carbonyl (C=O) groups excluding carboxylic acids is 2. The van der Waals surface area contributed by atoms with Crippen molar-refractivity contribution in [3.05, 3.63) is 0 Å². The first-order valence-corrected chi connectivity index (χ1v) is 5.87. The van der Waals surface area contributed by atoms with Crippen LogP contribution in [0.4, 0.5) is 4.79 Å². The number of hydrogen-bond acceptors (Lipinski definition) is 3. The van der Waals surface area contributed by atoms with Crippen molar-refractivity contribution in [3.63, 3.8) is 0 Å². The fraction of sp³-hybridized carbons (Fsp3) is 0.727. The Morgan fingerprint density at radius 3 is 2.61 bits per heavy atom. The van der Waals surface area contributed by atoms with Gasteiger partial charge in [-0.15, -0.1) is 0 Å². The molecule has 0 saturated carbocycles. The number of hydrogen-bond donors (Lipinski definition) is 2. The summed E-state index contributed by atoms with van der Waals surface area (Å²) in [5.41, 5.74) is 0. The monoisotopic (exact) mass is 257 g/mol. The molecule has 3 amide bonds. The number of carboxylic acid groups (broad SMARTS) is 1. The molecule has 0 aliphatic carbocycles. The average Bonchev–Trinajstić information content (AvgIpc) is 2.35. The van der Waals surface area contributed by atoms with Gasteiger partial charge in [0.05, 0.1) is 12.5 Å². The number of likely N-dealkylation sites (tertiary alicyclic amines) is 1. The minimum atomic E-state index is -0.878. The lowest BCUT2D eigenvalue weighted by Gasteiger charge is -2.30. The molecule has 102 valence electrons. The van der Waals surface area contributed by atoms with E-state index in [1.807, 2.05) is 0 Å². The Hall–Kier alpha value is -1.79. The zero-order chi connectivity index (χ0) is 13.7. The predicted molar refractivity (Wildman–Crippen MR) is 64.0 cm³/mol. The van der Waals surface area contributed by atoms with Crippen LogP contribution in [0.15, 0.2) is 0 Å². The van der Waals surface area contributed by atoms with E-state index >= 15 is 0 Å². The van der Waals surface area contributed by atoms with E-state index in [1.165, 1.54) is 9.80 Å². The molecule has 1 aliphatic heterocycles. The van der Waals surface area contributed by atoms with Gasteiger partial charge in [0.15, 0.2) is 0 Å². The first kappa shape index (κ1) is 14.3. The number of amides is 3. The van der Waals surface area contributed by atoms with Crippen LogP contribution in [0.5, 0.6) is 0 Å². The van der Waals surface area contributed by atoms with Gasteiger partial charge in [-0.3, -0.25) is 9.59 Å². The summed E-state index contributed by atoms with van der Waals surface area (Å²) in [6, 6.07) is -0.379. The number of likely N-dealkylation sites (N-methyl/N-ethyl adjacent to an activating group) is 1. The Labute approximate surface area is 106 Å². The number of rotatable bonds is 3. The highest BCUT2D eigenvalue weighted by Crippen LogP contribution is 2.16. The van der Waals surface area contributed by atoms with Crippen LogP contribution in [0.3, 0.4) is 0 Å². The Bertz CT molecular complexity index is 343. The SMILES string of the molecule is CN(C)C(=O)CNC(=O)N1CCC[C@H](C(=O)O)C1. The second-order valence-corrected chi connectivity index (χ2v) is 4.57. The number of aliphatic carboxylic acids is 1. The molecular formula is C11H19N3O4. The third kappa shape index (κ3) is 3.90. The second kappa shape index (κ2) is 6.23. The van der Waals surface area contributed by atoms with Crippen LogP contribution in [0.1, 0.15) is 12.8 Å². The maximum Gasteiger partial charge on any atom is 0.317 e. The number of piperidine rings is 1. The normalized spacial score (nSPS) is 19.2. The van der Waals surface area contributed by atoms with Crippen LogP contribution in [0.2, 0.25) is 0 Å². The van der Waals surface area contributed by atoms with Crippen LogP contribution in [-0.4, -0.2) is 66.5 Å². The topological polar surface area (TPSA) is 90.0 Å². The molecule has 0 aromatic rings. The van der Waals surface area contributed by atoms with E-state index in [-0.39, 0.29) is 25.0 Å². The molecule has 0 unspecified atom stereocenters. The van der Waals surface area contributed by atoms with Gasteiger partial charge in [-0.05, 0) is 12.8 Å². The molecule has 7 nitrogen and oxygen atoms in total. The molecule has 1 saturated heterocycles. The zero-order valence-electron chi connectivity index (χ0n) is 10.7. The van der Waals surface area contributed by atoms with Crippen molar-refractivity contribution in [3.8, 4) is 0 Å². The quantitative estimate of drug-likeness (QED) is 0.718. The maximum atomic E-state index is 11.7. The van der Waals surface area contributed by atoms with Crippen LogP contribution in [0, 0.1) is 5.92 Å². The smallest absolute Gasteiger partial charge is 0.317 e. The summed E-state index contributed by atoms with van der Waals surface area (Å²) >= 11 is 0. The third-order valence-corrected chi connectivity index (χ3v) is 2.95. The van der Waals surface area contributed by atoms with Crippen LogP contribution in [-0.2, 0) is 9.59 Å². The first-order valence-electron chi connectivity index (χ1n) is 5.87. The van der Waals surface area contributed by atoms with Gasteiger partial charge >= 0.3 is 12.0 Å². The third-order valence-electron chi connectivity index (χ3n) is 2.95. The maximum absolute atomic E-state index is 11.7. The number of urea groups is 1. The minimum absolute atomic E-state index is 0.0694.